The summed E-state index contributed by atoms with van der Waals surface area (Å²) in [5, 5.41) is 18.1. The van der Waals surface area contributed by atoms with Crippen molar-refractivity contribution in [2.75, 3.05) is 5.73 Å². The van der Waals surface area contributed by atoms with Crippen LogP contribution >= 0.6 is 0 Å². The monoisotopic (exact) mass is 446 g/mol. The summed E-state index contributed by atoms with van der Waals surface area (Å²) in [6.45, 7) is 3.68. The maximum atomic E-state index is 9.40. The van der Waals surface area contributed by atoms with Gasteiger partial charge in [-0.1, -0.05) is 12.1 Å². The van der Waals surface area contributed by atoms with Crippen molar-refractivity contribution in [1.82, 2.24) is 29.5 Å². The lowest BCUT2D eigenvalue weighted by Crippen LogP contribution is -2.15. The first-order valence-corrected chi connectivity index (χ1v) is 10.6. The fourth-order valence-electron chi connectivity index (χ4n) is 4.00. The molecule has 0 atom stereocenters. The van der Waals surface area contributed by atoms with Crippen molar-refractivity contribution in [2.45, 2.75) is 19.3 Å². The molecule has 164 valence electrons. The van der Waals surface area contributed by atoms with E-state index >= 15 is 0 Å². The second-order valence-corrected chi connectivity index (χ2v) is 8.58. The van der Waals surface area contributed by atoms with Gasteiger partial charge in [-0.25, -0.2) is 0 Å². The van der Waals surface area contributed by atoms with E-state index in [-0.39, 0.29) is 6.01 Å². The molecule has 0 fully saturated rings. The first-order chi connectivity index (χ1) is 16.4. The lowest BCUT2D eigenvalue weighted by atomic mass is 9.90. The third-order valence-corrected chi connectivity index (χ3v) is 5.90. The van der Waals surface area contributed by atoms with Gasteiger partial charge in [-0.2, -0.15) is 10.2 Å². The van der Waals surface area contributed by atoms with E-state index in [0.29, 0.717) is 28.3 Å². The number of nitrogens with two attached hydrogens (primary N) is 1. The highest BCUT2D eigenvalue weighted by atomic mass is 16.4. The molecule has 9 nitrogen and oxygen atoms in total. The molecule has 0 saturated heterocycles. The van der Waals surface area contributed by atoms with E-state index in [4.69, 9.17) is 10.2 Å². The number of nitriles is 1. The molecule has 34 heavy (non-hydrogen) atoms. The minimum Gasteiger partial charge on any atom is -0.424 e. The molecule has 0 saturated carbocycles. The summed E-state index contributed by atoms with van der Waals surface area (Å²) in [5.41, 5.74) is 12.1. The number of aromatic nitrogens is 6. The first-order valence-electron chi connectivity index (χ1n) is 10.6. The molecule has 4 heterocycles. The van der Waals surface area contributed by atoms with E-state index in [0.717, 1.165) is 27.7 Å². The third-order valence-electron chi connectivity index (χ3n) is 5.90. The molecule has 6 aromatic rings. The van der Waals surface area contributed by atoms with Crippen molar-refractivity contribution in [3.63, 3.8) is 0 Å². The Balaban J connectivity index is 1.52. The van der Waals surface area contributed by atoms with Crippen molar-refractivity contribution in [2.24, 2.45) is 0 Å². The minimum atomic E-state index is -0.674. The van der Waals surface area contributed by atoms with Crippen LogP contribution in [-0.4, -0.2) is 29.5 Å². The number of benzene rings is 2. The molecule has 0 aliphatic rings. The number of anilines is 1. The molecule has 0 amide bonds. The second-order valence-electron chi connectivity index (χ2n) is 8.58. The number of pyridine rings is 1. The van der Waals surface area contributed by atoms with E-state index in [1.165, 1.54) is 0 Å². The molecule has 2 aromatic carbocycles. The number of fused-ring (bicyclic) bond motifs is 4. The first kappa shape index (κ1) is 19.8. The van der Waals surface area contributed by atoms with E-state index in [1.807, 2.05) is 66.8 Å². The van der Waals surface area contributed by atoms with Crippen molar-refractivity contribution < 1.29 is 4.42 Å². The number of hydrogen-bond acceptors (Lipinski definition) is 8. The fraction of sp³-hybridized carbons (Fsp3) is 0.120. The predicted octanol–water partition coefficient (Wildman–Crippen LogP) is 4.53. The summed E-state index contributed by atoms with van der Waals surface area (Å²) in [4.78, 5) is 13.2. The van der Waals surface area contributed by atoms with Crippen LogP contribution in [0.25, 0.3) is 50.3 Å². The number of hydrogen-bond donors (Lipinski definition) is 1. The van der Waals surface area contributed by atoms with Gasteiger partial charge in [-0.15, -0.1) is 10.2 Å². The van der Waals surface area contributed by atoms with Crippen LogP contribution in [-0.2, 0) is 5.41 Å². The Kier molecular flexibility index (Phi) is 4.13. The molecule has 0 spiro atoms. The smallest absolute Gasteiger partial charge is 0.292 e. The van der Waals surface area contributed by atoms with Crippen LogP contribution in [0.15, 0.2) is 65.3 Å². The molecule has 0 aliphatic carbocycles. The Labute approximate surface area is 193 Å². The summed E-state index contributed by atoms with van der Waals surface area (Å²) in [5.74, 6) is 0.645. The summed E-state index contributed by atoms with van der Waals surface area (Å²) >= 11 is 0. The van der Waals surface area contributed by atoms with Gasteiger partial charge >= 0.3 is 0 Å². The summed E-state index contributed by atoms with van der Waals surface area (Å²) in [6.07, 6.45) is 3.42. The zero-order chi connectivity index (χ0) is 23.4. The van der Waals surface area contributed by atoms with E-state index in [9.17, 15) is 5.26 Å². The fourth-order valence-corrected chi connectivity index (χ4v) is 4.00. The highest BCUT2D eigenvalue weighted by molar-refractivity contribution is 5.87. The number of rotatable bonds is 3. The Hall–Kier alpha value is -4.84. The van der Waals surface area contributed by atoms with Crippen LogP contribution in [0.2, 0.25) is 0 Å². The Bertz CT molecular complexity index is 1760. The minimum absolute atomic E-state index is 0.142. The van der Waals surface area contributed by atoms with Gasteiger partial charge in [0.25, 0.3) is 6.01 Å². The number of nitrogen functional groups attached to an aromatic ring is 1. The molecular formula is C25H18N8O. The van der Waals surface area contributed by atoms with Gasteiger partial charge in [-0.3, -0.25) is 14.4 Å². The number of oxazole rings is 1. The molecule has 9 heteroatoms. The van der Waals surface area contributed by atoms with Gasteiger partial charge in [0.1, 0.15) is 5.52 Å². The molecule has 2 N–H and O–H groups in total. The van der Waals surface area contributed by atoms with Crippen molar-refractivity contribution in [3.05, 3.63) is 66.6 Å². The molecule has 6 rings (SSSR count). The highest BCUT2D eigenvalue weighted by Gasteiger charge is 2.22. The van der Waals surface area contributed by atoms with E-state index in [1.54, 1.807) is 12.4 Å². The quantitative estimate of drug-likeness (QED) is 0.419. The SMILES string of the molecule is CC(C)(C#N)c1ccc(-c2nnc3cnc4ccc(-c5ccc6nc(N)oc6c5)cc4n23)cn1. The summed E-state index contributed by atoms with van der Waals surface area (Å²) < 4.78 is 7.46. The van der Waals surface area contributed by atoms with Gasteiger partial charge in [0.15, 0.2) is 17.1 Å². The van der Waals surface area contributed by atoms with E-state index in [2.05, 4.69) is 31.2 Å². The van der Waals surface area contributed by atoms with Crippen LogP contribution in [0.1, 0.15) is 19.5 Å². The van der Waals surface area contributed by atoms with Gasteiger partial charge in [-0.05, 0) is 61.4 Å². The van der Waals surface area contributed by atoms with Crippen LogP contribution in [0.4, 0.5) is 6.01 Å². The maximum absolute atomic E-state index is 9.40. The van der Waals surface area contributed by atoms with Gasteiger partial charge in [0, 0.05) is 11.8 Å². The van der Waals surface area contributed by atoms with E-state index < -0.39 is 5.41 Å². The largest absolute Gasteiger partial charge is 0.424 e. The molecule has 0 bridgehead atoms. The van der Waals surface area contributed by atoms with Crippen molar-refractivity contribution in [3.8, 4) is 28.6 Å². The lowest BCUT2D eigenvalue weighted by Gasteiger charge is -2.14. The second kappa shape index (κ2) is 7.08. The molecule has 0 aliphatic heterocycles. The Morgan fingerprint density at radius 3 is 2.44 bits per heavy atom. The normalized spacial score (nSPS) is 11.9. The molecular weight excluding hydrogens is 428 g/mol. The predicted molar refractivity (Wildman–Crippen MR) is 128 cm³/mol. The van der Waals surface area contributed by atoms with Crippen LogP contribution in [0.3, 0.4) is 0 Å². The summed E-state index contributed by atoms with van der Waals surface area (Å²) in [7, 11) is 0. The topological polar surface area (TPSA) is 132 Å². The van der Waals surface area contributed by atoms with Crippen molar-refractivity contribution >= 4 is 33.8 Å². The average molecular weight is 446 g/mol. The number of nitrogens with zero attached hydrogens (tertiary/aromatic N) is 7. The van der Waals surface area contributed by atoms with Crippen LogP contribution in [0.5, 0.6) is 0 Å². The highest BCUT2D eigenvalue weighted by Crippen LogP contribution is 2.30. The molecule has 0 unspecified atom stereocenters. The van der Waals surface area contributed by atoms with Gasteiger partial charge < -0.3 is 10.2 Å². The third kappa shape index (κ3) is 3.04. The van der Waals surface area contributed by atoms with Gasteiger partial charge in [0.05, 0.1) is 34.4 Å². The van der Waals surface area contributed by atoms with Crippen LogP contribution in [0, 0.1) is 11.3 Å². The molecule has 4 aromatic heterocycles. The maximum Gasteiger partial charge on any atom is 0.292 e. The zero-order valence-corrected chi connectivity index (χ0v) is 18.4. The Morgan fingerprint density at radius 1 is 0.912 bits per heavy atom. The van der Waals surface area contributed by atoms with Gasteiger partial charge in [0.2, 0.25) is 0 Å². The standard InChI is InChI=1S/C25H18N8O/c1-25(2,13-26)21-8-5-16(11-29-21)23-32-31-22-12-28-17-6-3-14(9-19(17)33(22)23)15-4-7-18-20(10-15)34-24(27)30-18/h3-12H,1-2H3,(H2,27,30). The van der Waals surface area contributed by atoms with Crippen molar-refractivity contribution in [1.29, 1.82) is 5.26 Å². The average Bonchev–Trinajstić information content (AvgIpc) is 3.46. The zero-order valence-electron chi connectivity index (χ0n) is 18.4. The molecule has 0 radical (unpaired) electrons. The Morgan fingerprint density at radius 2 is 1.68 bits per heavy atom. The summed E-state index contributed by atoms with van der Waals surface area (Å²) in [6, 6.07) is 18.0. The van der Waals surface area contributed by atoms with Crippen LogP contribution < -0.4 is 5.73 Å². The lowest BCUT2D eigenvalue weighted by molar-refractivity contribution is 0.626.